The summed E-state index contributed by atoms with van der Waals surface area (Å²) in [5.41, 5.74) is 0.236. The fraction of sp³-hybridized carbons (Fsp3) is 0.438. The number of fused-ring (bicyclic) bond motifs is 2. The van der Waals surface area contributed by atoms with Crippen LogP contribution in [0.3, 0.4) is 0 Å². The molecule has 2 aliphatic heterocycles. The standard InChI is InChI=1S/C16H17FN2O5S/c1-8(2)7-19(15(22)23)11-6-9(17)5-10-12(11)24-4-3-16(10)13(20)18-14(21)25-16/h5-6,8H,3-4,7H2,1-2H3,(H,22,23)(H,18,20,21). The van der Waals surface area contributed by atoms with Gasteiger partial charge in [0.2, 0.25) is 5.91 Å². The minimum atomic E-state index is -1.29. The summed E-state index contributed by atoms with van der Waals surface area (Å²) in [6, 6.07) is 2.21. The number of halogens is 1. The number of amides is 3. The third-order valence-corrected chi connectivity index (χ3v) is 5.33. The number of hydrogen-bond acceptors (Lipinski definition) is 5. The molecular formula is C16H17FN2O5S. The van der Waals surface area contributed by atoms with Gasteiger partial charge in [-0.25, -0.2) is 9.18 Å². The van der Waals surface area contributed by atoms with Crippen molar-refractivity contribution in [3.8, 4) is 5.75 Å². The predicted molar refractivity (Wildman–Crippen MR) is 89.5 cm³/mol. The lowest BCUT2D eigenvalue weighted by atomic mass is 9.90. The average molecular weight is 368 g/mol. The summed E-state index contributed by atoms with van der Waals surface area (Å²) in [6.07, 6.45) is -1.05. The molecule has 2 heterocycles. The summed E-state index contributed by atoms with van der Waals surface area (Å²) in [7, 11) is 0. The van der Waals surface area contributed by atoms with Crippen molar-refractivity contribution in [2.75, 3.05) is 18.1 Å². The Morgan fingerprint density at radius 3 is 2.76 bits per heavy atom. The number of anilines is 1. The van der Waals surface area contributed by atoms with E-state index in [1.807, 2.05) is 13.8 Å². The minimum absolute atomic E-state index is 0.00157. The van der Waals surface area contributed by atoms with Gasteiger partial charge in [0, 0.05) is 24.6 Å². The van der Waals surface area contributed by atoms with Crippen LogP contribution < -0.4 is 15.0 Å². The van der Waals surface area contributed by atoms with E-state index >= 15 is 0 Å². The fourth-order valence-electron chi connectivity index (χ4n) is 3.07. The first-order chi connectivity index (χ1) is 11.7. The number of imide groups is 1. The molecule has 9 heteroatoms. The number of carboxylic acid groups (broad SMARTS) is 1. The SMILES string of the molecule is CC(C)CN(C(=O)O)c1cc(F)cc2c1OCCC21SC(=O)NC1=O. The Morgan fingerprint density at radius 2 is 2.20 bits per heavy atom. The van der Waals surface area contributed by atoms with E-state index in [1.165, 1.54) is 0 Å². The Morgan fingerprint density at radius 1 is 1.48 bits per heavy atom. The molecule has 3 rings (SSSR count). The smallest absolute Gasteiger partial charge is 0.411 e. The van der Waals surface area contributed by atoms with Gasteiger partial charge in [-0.1, -0.05) is 13.8 Å². The molecule has 2 aliphatic rings. The monoisotopic (exact) mass is 368 g/mol. The Hall–Kier alpha value is -2.29. The lowest BCUT2D eigenvalue weighted by Gasteiger charge is -2.34. The van der Waals surface area contributed by atoms with E-state index in [2.05, 4.69) is 5.32 Å². The number of ether oxygens (including phenoxy) is 1. The molecule has 25 heavy (non-hydrogen) atoms. The summed E-state index contributed by atoms with van der Waals surface area (Å²) < 4.78 is 18.6. The molecule has 7 nitrogen and oxygen atoms in total. The highest BCUT2D eigenvalue weighted by atomic mass is 32.2. The second kappa shape index (κ2) is 6.21. The molecule has 1 aromatic carbocycles. The number of hydrogen-bond donors (Lipinski definition) is 2. The Kier molecular flexibility index (Phi) is 4.36. The molecule has 1 atom stereocenters. The first-order valence-corrected chi connectivity index (χ1v) is 8.58. The lowest BCUT2D eigenvalue weighted by Crippen LogP contribution is -2.40. The first kappa shape index (κ1) is 17.5. The van der Waals surface area contributed by atoms with E-state index in [4.69, 9.17) is 4.74 Å². The van der Waals surface area contributed by atoms with Crippen molar-refractivity contribution in [3.05, 3.63) is 23.5 Å². The topological polar surface area (TPSA) is 95.9 Å². The Labute approximate surface area is 147 Å². The number of carbonyl (C=O) groups excluding carboxylic acids is 2. The maximum Gasteiger partial charge on any atom is 0.411 e. The van der Waals surface area contributed by atoms with Crippen molar-refractivity contribution in [2.24, 2.45) is 5.92 Å². The maximum absolute atomic E-state index is 14.3. The highest BCUT2D eigenvalue weighted by Gasteiger charge is 2.53. The van der Waals surface area contributed by atoms with E-state index < -0.39 is 27.8 Å². The third-order valence-electron chi connectivity index (χ3n) is 4.09. The number of rotatable bonds is 3. The average Bonchev–Trinajstić information content (AvgIpc) is 2.79. The quantitative estimate of drug-likeness (QED) is 0.852. The van der Waals surface area contributed by atoms with Crippen molar-refractivity contribution in [3.63, 3.8) is 0 Å². The second-order valence-corrected chi connectivity index (χ2v) is 7.63. The predicted octanol–water partition coefficient (Wildman–Crippen LogP) is 2.93. The summed E-state index contributed by atoms with van der Waals surface area (Å²) in [5.74, 6) is -1.10. The van der Waals surface area contributed by atoms with Crippen molar-refractivity contribution >= 4 is 34.7 Å². The zero-order valence-corrected chi connectivity index (χ0v) is 14.5. The van der Waals surface area contributed by atoms with Crippen LogP contribution in [0.1, 0.15) is 25.8 Å². The van der Waals surface area contributed by atoms with Gasteiger partial charge in [-0.15, -0.1) is 0 Å². The highest BCUT2D eigenvalue weighted by Crippen LogP contribution is 2.53. The molecular weight excluding hydrogens is 351 g/mol. The molecule has 0 saturated carbocycles. The van der Waals surface area contributed by atoms with Gasteiger partial charge in [0.15, 0.2) is 0 Å². The van der Waals surface area contributed by atoms with Gasteiger partial charge in [-0.2, -0.15) is 0 Å². The van der Waals surface area contributed by atoms with Crippen LogP contribution in [0, 0.1) is 11.7 Å². The van der Waals surface area contributed by atoms with Crippen molar-refractivity contribution < 1.29 is 28.6 Å². The summed E-state index contributed by atoms with van der Waals surface area (Å²) in [4.78, 5) is 36.7. The molecule has 1 unspecified atom stereocenters. The highest BCUT2D eigenvalue weighted by molar-refractivity contribution is 8.15. The Bertz CT molecular complexity index is 769. The number of nitrogens with zero attached hydrogens (tertiary/aromatic N) is 1. The van der Waals surface area contributed by atoms with Crippen molar-refractivity contribution in [1.29, 1.82) is 0 Å². The van der Waals surface area contributed by atoms with Crippen LogP contribution in [-0.2, 0) is 9.54 Å². The second-order valence-electron chi connectivity index (χ2n) is 6.36. The van der Waals surface area contributed by atoms with Crippen LogP contribution >= 0.6 is 11.8 Å². The van der Waals surface area contributed by atoms with Gasteiger partial charge in [-0.05, 0) is 23.7 Å². The summed E-state index contributed by atoms with van der Waals surface area (Å²) in [5, 5.41) is 11.2. The van der Waals surface area contributed by atoms with Crippen LogP contribution in [0.5, 0.6) is 5.75 Å². The molecule has 0 aromatic heterocycles. The zero-order chi connectivity index (χ0) is 18.4. The van der Waals surface area contributed by atoms with Crippen LogP contribution in [0.25, 0.3) is 0 Å². The molecule has 3 amide bonds. The number of thioether (sulfide) groups is 1. The van der Waals surface area contributed by atoms with Gasteiger partial charge < -0.3 is 9.84 Å². The van der Waals surface area contributed by atoms with Gasteiger partial charge in [0.25, 0.3) is 5.24 Å². The maximum atomic E-state index is 14.3. The largest absolute Gasteiger partial charge is 0.491 e. The molecule has 1 aromatic rings. The lowest BCUT2D eigenvalue weighted by molar-refractivity contribution is -0.122. The molecule has 2 N–H and O–H groups in total. The molecule has 0 aliphatic carbocycles. The van der Waals surface area contributed by atoms with Gasteiger partial charge in [0.1, 0.15) is 16.3 Å². The minimum Gasteiger partial charge on any atom is -0.491 e. The van der Waals surface area contributed by atoms with Gasteiger partial charge >= 0.3 is 6.09 Å². The number of nitrogens with one attached hydrogen (secondary N) is 1. The van der Waals surface area contributed by atoms with E-state index in [1.54, 1.807) is 0 Å². The van der Waals surface area contributed by atoms with E-state index in [-0.39, 0.29) is 42.5 Å². The molecule has 1 saturated heterocycles. The normalized spacial score (nSPS) is 21.9. The van der Waals surface area contributed by atoms with E-state index in [0.29, 0.717) is 0 Å². The summed E-state index contributed by atoms with van der Waals surface area (Å²) in [6.45, 7) is 3.93. The molecule has 1 fully saturated rings. The Balaban J connectivity index is 2.18. The molecule has 1 spiro atoms. The van der Waals surface area contributed by atoms with Crippen LogP contribution in [0.15, 0.2) is 12.1 Å². The molecule has 0 radical (unpaired) electrons. The van der Waals surface area contributed by atoms with Crippen molar-refractivity contribution in [2.45, 2.75) is 25.0 Å². The molecule has 0 bridgehead atoms. The van der Waals surface area contributed by atoms with Crippen LogP contribution in [0.2, 0.25) is 0 Å². The first-order valence-electron chi connectivity index (χ1n) is 7.76. The fourth-order valence-corrected chi connectivity index (χ4v) is 4.12. The third kappa shape index (κ3) is 2.92. The molecule has 134 valence electrons. The van der Waals surface area contributed by atoms with Crippen LogP contribution in [0.4, 0.5) is 19.7 Å². The van der Waals surface area contributed by atoms with E-state index in [0.717, 1.165) is 28.8 Å². The van der Waals surface area contributed by atoms with Gasteiger partial charge in [0.05, 0.1) is 12.3 Å². The van der Waals surface area contributed by atoms with Crippen molar-refractivity contribution in [1.82, 2.24) is 5.32 Å². The summed E-state index contributed by atoms with van der Waals surface area (Å²) >= 11 is 0.779. The number of carbonyl (C=O) groups is 3. The number of benzene rings is 1. The zero-order valence-electron chi connectivity index (χ0n) is 13.7. The van der Waals surface area contributed by atoms with Gasteiger partial charge in [-0.3, -0.25) is 19.8 Å². The van der Waals surface area contributed by atoms with Crippen LogP contribution in [-0.4, -0.2) is 35.5 Å². The van der Waals surface area contributed by atoms with E-state index in [9.17, 15) is 23.9 Å².